The molecule has 0 aliphatic carbocycles. The zero-order valence-corrected chi connectivity index (χ0v) is 6.17. The molecule has 0 radical (unpaired) electrons. The molecule has 0 aliphatic rings. The molecule has 4 nitrogen and oxygen atoms in total. The van der Waals surface area contributed by atoms with Gasteiger partial charge in [-0.3, -0.25) is 0 Å². The maximum atomic E-state index is 3.36. The SMILES string of the molecule is CSC.c1nncnn1. The molecule has 50 valence electrons. The van der Waals surface area contributed by atoms with Crippen LogP contribution in [0.4, 0.5) is 0 Å². The Kier molecular flexibility index (Phi) is 6.71. The van der Waals surface area contributed by atoms with Crippen molar-refractivity contribution >= 4 is 11.8 Å². The molecular weight excluding hydrogens is 136 g/mol. The summed E-state index contributed by atoms with van der Waals surface area (Å²) in [5.74, 6) is 0. The summed E-state index contributed by atoms with van der Waals surface area (Å²) in [5.41, 5.74) is 0. The summed E-state index contributed by atoms with van der Waals surface area (Å²) in [6, 6.07) is 0. The van der Waals surface area contributed by atoms with Crippen molar-refractivity contribution in [3.63, 3.8) is 0 Å². The van der Waals surface area contributed by atoms with E-state index in [4.69, 9.17) is 0 Å². The first-order valence-corrected chi connectivity index (χ1v) is 3.88. The molecule has 0 aliphatic heterocycles. The summed E-state index contributed by atoms with van der Waals surface area (Å²) < 4.78 is 0. The lowest BCUT2D eigenvalue weighted by Gasteiger charge is -1.68. The van der Waals surface area contributed by atoms with Gasteiger partial charge in [-0.1, -0.05) is 0 Å². The van der Waals surface area contributed by atoms with Gasteiger partial charge in [0, 0.05) is 0 Å². The van der Waals surface area contributed by atoms with Gasteiger partial charge in [0.15, 0.2) is 12.7 Å². The number of rotatable bonds is 0. The minimum absolute atomic E-state index is 1.28. The smallest absolute Gasteiger partial charge is 0.160 e. The van der Waals surface area contributed by atoms with Crippen molar-refractivity contribution in [1.82, 2.24) is 20.4 Å². The maximum Gasteiger partial charge on any atom is 0.160 e. The summed E-state index contributed by atoms with van der Waals surface area (Å²) in [7, 11) is 0. The van der Waals surface area contributed by atoms with Crippen molar-refractivity contribution in [3.05, 3.63) is 12.7 Å². The number of hydrogen-bond donors (Lipinski definition) is 0. The van der Waals surface area contributed by atoms with Crippen molar-refractivity contribution in [3.8, 4) is 0 Å². The highest BCUT2D eigenvalue weighted by Crippen LogP contribution is 1.70. The molecule has 0 fully saturated rings. The molecule has 0 saturated carbocycles. The summed E-state index contributed by atoms with van der Waals surface area (Å²) in [6.45, 7) is 0. The predicted molar refractivity (Wildman–Crippen MR) is 37.1 cm³/mol. The van der Waals surface area contributed by atoms with Gasteiger partial charge < -0.3 is 0 Å². The lowest BCUT2D eigenvalue weighted by atomic mass is 11.3. The van der Waals surface area contributed by atoms with Gasteiger partial charge in [-0.05, 0) is 12.5 Å². The zero-order valence-electron chi connectivity index (χ0n) is 5.35. The molecule has 0 amide bonds. The van der Waals surface area contributed by atoms with Crippen LogP contribution in [0.3, 0.4) is 0 Å². The molecule has 0 spiro atoms. The second-order valence-corrected chi connectivity index (χ2v) is 1.92. The highest BCUT2D eigenvalue weighted by atomic mass is 32.2. The van der Waals surface area contributed by atoms with E-state index in [1.165, 1.54) is 12.7 Å². The van der Waals surface area contributed by atoms with Gasteiger partial charge in [0.25, 0.3) is 0 Å². The van der Waals surface area contributed by atoms with Crippen LogP contribution in [-0.2, 0) is 0 Å². The van der Waals surface area contributed by atoms with Gasteiger partial charge in [-0.25, -0.2) is 0 Å². The first-order valence-electron chi connectivity index (χ1n) is 2.25. The van der Waals surface area contributed by atoms with E-state index in [9.17, 15) is 0 Å². The lowest BCUT2D eigenvalue weighted by molar-refractivity contribution is 0.853. The summed E-state index contributed by atoms with van der Waals surface area (Å²) in [5, 5.41) is 13.4. The minimum Gasteiger partial charge on any atom is -0.169 e. The van der Waals surface area contributed by atoms with E-state index in [-0.39, 0.29) is 0 Å². The van der Waals surface area contributed by atoms with E-state index >= 15 is 0 Å². The van der Waals surface area contributed by atoms with Crippen molar-refractivity contribution in [2.75, 3.05) is 12.5 Å². The van der Waals surface area contributed by atoms with Gasteiger partial charge in [0.05, 0.1) is 0 Å². The molecule has 1 heterocycles. The molecule has 5 heteroatoms. The van der Waals surface area contributed by atoms with Crippen LogP contribution in [0.15, 0.2) is 12.7 Å². The van der Waals surface area contributed by atoms with Gasteiger partial charge >= 0.3 is 0 Å². The second kappa shape index (κ2) is 7.29. The van der Waals surface area contributed by atoms with Crippen molar-refractivity contribution in [2.24, 2.45) is 0 Å². The Morgan fingerprint density at radius 2 is 1.11 bits per heavy atom. The van der Waals surface area contributed by atoms with Crippen molar-refractivity contribution in [2.45, 2.75) is 0 Å². The normalized spacial score (nSPS) is 7.33. The Morgan fingerprint density at radius 1 is 0.889 bits per heavy atom. The standard InChI is InChI=1S/C2H2N4.C2H6S/c1-3-5-2-6-4-1;1-3-2/h1-2H;1-2H3. The average molecular weight is 144 g/mol. The van der Waals surface area contributed by atoms with Crippen LogP contribution in [0.5, 0.6) is 0 Å². The molecule has 9 heavy (non-hydrogen) atoms. The average Bonchev–Trinajstić information content (AvgIpc) is 1.93. The molecule has 0 aromatic carbocycles. The van der Waals surface area contributed by atoms with E-state index in [0.29, 0.717) is 0 Å². The topological polar surface area (TPSA) is 51.6 Å². The Morgan fingerprint density at radius 3 is 1.22 bits per heavy atom. The molecule has 0 bridgehead atoms. The summed E-state index contributed by atoms with van der Waals surface area (Å²) in [6.07, 6.45) is 6.64. The van der Waals surface area contributed by atoms with E-state index in [1.807, 2.05) is 12.5 Å². The predicted octanol–water partition coefficient (Wildman–Crippen LogP) is 0.246. The van der Waals surface area contributed by atoms with Gasteiger partial charge in [-0.2, -0.15) is 11.8 Å². The Balaban J connectivity index is 0.000000187. The fraction of sp³-hybridized carbons (Fsp3) is 0.500. The second-order valence-electron chi connectivity index (χ2n) is 1.10. The summed E-state index contributed by atoms with van der Waals surface area (Å²) >= 11 is 1.75. The third kappa shape index (κ3) is 7.29. The van der Waals surface area contributed by atoms with E-state index in [0.717, 1.165) is 0 Å². The van der Waals surface area contributed by atoms with Gasteiger partial charge in [0.1, 0.15) is 0 Å². The first-order chi connectivity index (χ1) is 4.41. The summed E-state index contributed by atoms with van der Waals surface area (Å²) in [4.78, 5) is 0. The quantitative estimate of drug-likeness (QED) is 0.522. The van der Waals surface area contributed by atoms with Crippen LogP contribution in [0.1, 0.15) is 0 Å². The molecule has 0 unspecified atom stereocenters. The third-order valence-electron chi connectivity index (χ3n) is 0.340. The molecule has 0 N–H and O–H groups in total. The van der Waals surface area contributed by atoms with E-state index in [2.05, 4.69) is 20.4 Å². The molecule has 0 atom stereocenters. The fourth-order valence-corrected chi connectivity index (χ4v) is 0.165. The highest BCUT2D eigenvalue weighted by molar-refractivity contribution is 7.97. The van der Waals surface area contributed by atoms with Crippen LogP contribution >= 0.6 is 11.8 Å². The first kappa shape index (κ1) is 8.29. The number of aromatic nitrogens is 4. The van der Waals surface area contributed by atoms with Crippen LogP contribution < -0.4 is 0 Å². The Hall–Kier alpha value is -0.710. The Labute approximate surface area is 58.1 Å². The van der Waals surface area contributed by atoms with Crippen LogP contribution in [-0.4, -0.2) is 32.9 Å². The lowest BCUT2D eigenvalue weighted by Crippen LogP contribution is -1.81. The van der Waals surface area contributed by atoms with Crippen molar-refractivity contribution < 1.29 is 0 Å². The molecule has 1 aromatic heterocycles. The van der Waals surface area contributed by atoms with E-state index in [1.54, 1.807) is 11.8 Å². The molecule has 1 rings (SSSR count). The van der Waals surface area contributed by atoms with E-state index < -0.39 is 0 Å². The van der Waals surface area contributed by atoms with Gasteiger partial charge in [0.2, 0.25) is 0 Å². The number of thioether (sulfide) groups is 1. The Bertz CT molecular complexity index is 95.4. The fourth-order valence-electron chi connectivity index (χ4n) is 0.165. The number of nitrogens with zero attached hydrogens (tertiary/aromatic N) is 4. The van der Waals surface area contributed by atoms with Crippen LogP contribution in [0, 0.1) is 0 Å². The minimum atomic E-state index is 1.28. The zero-order chi connectivity index (χ0) is 6.95. The molecule has 0 saturated heterocycles. The van der Waals surface area contributed by atoms with Crippen molar-refractivity contribution in [1.29, 1.82) is 0 Å². The number of hydrogen-bond acceptors (Lipinski definition) is 5. The van der Waals surface area contributed by atoms with Crippen LogP contribution in [0.25, 0.3) is 0 Å². The maximum absolute atomic E-state index is 3.36. The third-order valence-corrected chi connectivity index (χ3v) is 0.340. The monoisotopic (exact) mass is 144 g/mol. The van der Waals surface area contributed by atoms with Gasteiger partial charge in [-0.15, -0.1) is 20.4 Å². The molecular formula is C4H8N4S. The molecule has 1 aromatic rings. The largest absolute Gasteiger partial charge is 0.169 e. The van der Waals surface area contributed by atoms with Crippen LogP contribution in [0.2, 0.25) is 0 Å². The highest BCUT2D eigenvalue weighted by Gasteiger charge is 1.61.